The largest absolute Gasteiger partial charge is 0.416 e. The lowest BCUT2D eigenvalue weighted by Crippen LogP contribution is -2.48. The third-order valence-corrected chi connectivity index (χ3v) is 4.93. The van der Waals surface area contributed by atoms with Crippen LogP contribution in [0.25, 0.3) is 6.08 Å². The molecule has 32 heavy (non-hydrogen) atoms. The van der Waals surface area contributed by atoms with Gasteiger partial charge in [-0.2, -0.15) is 13.2 Å². The molecule has 3 rings (SSSR count). The molecule has 0 unspecified atom stereocenters. The molecule has 0 bridgehead atoms. The van der Waals surface area contributed by atoms with E-state index in [0.29, 0.717) is 11.6 Å². The Labute approximate surface area is 179 Å². The molecule has 1 aliphatic rings. The Morgan fingerprint density at radius 2 is 1.66 bits per heavy atom. The second-order valence-corrected chi connectivity index (χ2v) is 6.96. The van der Waals surface area contributed by atoms with E-state index in [9.17, 15) is 38.2 Å². The highest BCUT2D eigenvalue weighted by molar-refractivity contribution is 5.92. The summed E-state index contributed by atoms with van der Waals surface area (Å²) in [7, 11) is 0. The maximum atomic E-state index is 12.9. The topological polar surface area (TPSA) is 110 Å². The molecule has 1 amide bonds. The number of nitrogens with zero attached hydrogens (tertiary/aromatic N) is 4. The van der Waals surface area contributed by atoms with E-state index in [1.807, 2.05) is 0 Å². The van der Waals surface area contributed by atoms with Crippen LogP contribution in [-0.2, 0) is 11.0 Å². The van der Waals surface area contributed by atoms with Crippen molar-refractivity contribution in [3.8, 4) is 0 Å². The number of nitro groups is 2. The normalized spacial score (nSPS) is 14.6. The molecule has 1 fully saturated rings. The van der Waals surface area contributed by atoms with Gasteiger partial charge in [0.05, 0.1) is 15.4 Å². The van der Waals surface area contributed by atoms with Gasteiger partial charge in [0.2, 0.25) is 5.91 Å². The summed E-state index contributed by atoms with van der Waals surface area (Å²) in [5.74, 6) is -0.349. The average molecular weight is 450 g/mol. The Kier molecular flexibility index (Phi) is 6.42. The minimum absolute atomic E-state index is 0.0576. The van der Waals surface area contributed by atoms with Crippen LogP contribution in [0.2, 0.25) is 0 Å². The van der Waals surface area contributed by atoms with Gasteiger partial charge >= 0.3 is 6.18 Å². The maximum Gasteiger partial charge on any atom is 0.416 e. The molecular formula is C20H17F3N4O5. The molecular weight excluding hydrogens is 433 g/mol. The summed E-state index contributed by atoms with van der Waals surface area (Å²) in [6.45, 7) is 0.803. The molecule has 0 spiro atoms. The number of hydrogen-bond donors (Lipinski definition) is 0. The number of piperazine rings is 1. The van der Waals surface area contributed by atoms with Gasteiger partial charge in [0.1, 0.15) is 5.69 Å². The highest BCUT2D eigenvalue weighted by Gasteiger charge is 2.34. The van der Waals surface area contributed by atoms with E-state index < -0.39 is 27.3 Å². The fourth-order valence-electron chi connectivity index (χ4n) is 3.30. The summed E-state index contributed by atoms with van der Waals surface area (Å²) in [4.78, 5) is 36.2. The number of amides is 1. The Hall–Kier alpha value is -3.96. The summed E-state index contributed by atoms with van der Waals surface area (Å²) in [5.41, 5.74) is -1.32. The van der Waals surface area contributed by atoms with Crippen LogP contribution in [-0.4, -0.2) is 46.8 Å². The van der Waals surface area contributed by atoms with Crippen molar-refractivity contribution in [2.45, 2.75) is 6.18 Å². The second kappa shape index (κ2) is 9.04. The lowest BCUT2D eigenvalue weighted by molar-refractivity contribution is -0.384. The number of alkyl halides is 3. The zero-order chi connectivity index (χ0) is 23.5. The van der Waals surface area contributed by atoms with E-state index in [2.05, 4.69) is 0 Å². The van der Waals surface area contributed by atoms with E-state index in [4.69, 9.17) is 0 Å². The first-order valence-electron chi connectivity index (χ1n) is 9.38. The van der Waals surface area contributed by atoms with Gasteiger partial charge in [-0.3, -0.25) is 25.0 Å². The van der Waals surface area contributed by atoms with Crippen molar-refractivity contribution in [3.05, 3.63) is 79.9 Å². The molecule has 1 heterocycles. The summed E-state index contributed by atoms with van der Waals surface area (Å²) in [5, 5.41) is 22.1. The monoisotopic (exact) mass is 450 g/mol. The summed E-state index contributed by atoms with van der Waals surface area (Å²) in [6.07, 6.45) is -1.97. The van der Waals surface area contributed by atoms with Gasteiger partial charge in [0.25, 0.3) is 11.4 Å². The zero-order valence-electron chi connectivity index (χ0n) is 16.5. The van der Waals surface area contributed by atoms with E-state index >= 15 is 0 Å². The van der Waals surface area contributed by atoms with E-state index in [0.717, 1.165) is 12.1 Å². The van der Waals surface area contributed by atoms with Crippen molar-refractivity contribution in [3.63, 3.8) is 0 Å². The molecule has 2 aromatic rings. The lowest BCUT2D eigenvalue weighted by atomic mass is 10.1. The van der Waals surface area contributed by atoms with Crippen LogP contribution in [0.15, 0.2) is 48.5 Å². The zero-order valence-corrected chi connectivity index (χ0v) is 16.5. The van der Waals surface area contributed by atoms with Gasteiger partial charge in [-0.25, -0.2) is 0 Å². The van der Waals surface area contributed by atoms with E-state index in [1.54, 1.807) is 11.0 Å². The first kappa shape index (κ1) is 22.7. The van der Waals surface area contributed by atoms with Gasteiger partial charge in [0.15, 0.2) is 0 Å². The fraction of sp³-hybridized carbons (Fsp3) is 0.250. The van der Waals surface area contributed by atoms with Crippen molar-refractivity contribution in [2.24, 2.45) is 0 Å². The highest BCUT2D eigenvalue weighted by Crippen LogP contribution is 2.36. The molecule has 0 N–H and O–H groups in total. The van der Waals surface area contributed by atoms with Crippen molar-refractivity contribution < 1.29 is 27.8 Å². The predicted octanol–water partition coefficient (Wildman–Crippen LogP) is 3.88. The molecule has 168 valence electrons. The van der Waals surface area contributed by atoms with Crippen molar-refractivity contribution in [1.82, 2.24) is 4.90 Å². The molecule has 0 aromatic heterocycles. The first-order valence-corrected chi connectivity index (χ1v) is 9.38. The molecule has 0 aliphatic carbocycles. The van der Waals surface area contributed by atoms with Gasteiger partial charge < -0.3 is 9.80 Å². The van der Waals surface area contributed by atoms with Crippen LogP contribution in [0, 0.1) is 20.2 Å². The summed E-state index contributed by atoms with van der Waals surface area (Å²) >= 11 is 0. The number of hydrogen-bond acceptors (Lipinski definition) is 6. The second-order valence-electron chi connectivity index (χ2n) is 6.96. The minimum Gasteiger partial charge on any atom is -0.362 e. The molecule has 0 saturated carbocycles. The summed E-state index contributed by atoms with van der Waals surface area (Å²) < 4.78 is 38.6. The first-order chi connectivity index (χ1) is 15.1. The standard InChI is InChI=1S/C20H17F3N4O5/c21-20(22,23)15-5-6-17(18(13-15)27(31)32)24-8-10-25(11-9-24)19(28)7-4-14-2-1-3-16(12-14)26(29)30/h1-7,12-13H,8-11H2/b7-4+. The molecule has 9 nitrogen and oxygen atoms in total. The number of carbonyl (C=O) groups is 1. The number of nitro benzene ring substituents is 2. The number of non-ortho nitro benzene ring substituents is 1. The quantitative estimate of drug-likeness (QED) is 0.388. The molecule has 12 heteroatoms. The molecule has 0 atom stereocenters. The van der Waals surface area contributed by atoms with Crippen LogP contribution in [0.4, 0.5) is 30.2 Å². The number of rotatable bonds is 5. The van der Waals surface area contributed by atoms with E-state index in [-0.39, 0.29) is 43.5 Å². The third-order valence-electron chi connectivity index (χ3n) is 4.93. The van der Waals surface area contributed by atoms with Crippen molar-refractivity contribution >= 4 is 29.0 Å². The Bertz CT molecular complexity index is 1080. The maximum absolute atomic E-state index is 12.9. The van der Waals surface area contributed by atoms with Gasteiger partial charge in [0, 0.05) is 50.5 Å². The number of benzene rings is 2. The number of halogens is 3. The third kappa shape index (κ3) is 5.20. The highest BCUT2D eigenvalue weighted by atomic mass is 19.4. The van der Waals surface area contributed by atoms with E-state index in [1.165, 1.54) is 35.3 Å². The summed E-state index contributed by atoms with van der Waals surface area (Å²) in [6, 6.07) is 8.14. The number of carbonyl (C=O) groups excluding carboxylic acids is 1. The van der Waals surface area contributed by atoms with Crippen LogP contribution < -0.4 is 4.90 Å². The van der Waals surface area contributed by atoms with Gasteiger partial charge in [-0.15, -0.1) is 0 Å². The van der Waals surface area contributed by atoms with Crippen molar-refractivity contribution in [1.29, 1.82) is 0 Å². The molecule has 1 saturated heterocycles. The molecule has 1 aliphatic heterocycles. The smallest absolute Gasteiger partial charge is 0.362 e. The Morgan fingerprint density at radius 1 is 0.969 bits per heavy atom. The fourth-order valence-corrected chi connectivity index (χ4v) is 3.30. The number of anilines is 1. The molecule has 2 aromatic carbocycles. The van der Waals surface area contributed by atoms with Crippen LogP contribution >= 0.6 is 0 Å². The Morgan fingerprint density at radius 3 is 2.25 bits per heavy atom. The van der Waals surface area contributed by atoms with Gasteiger partial charge in [-0.1, -0.05) is 12.1 Å². The molecule has 0 radical (unpaired) electrons. The lowest BCUT2D eigenvalue weighted by Gasteiger charge is -2.35. The SMILES string of the molecule is O=C(/C=C/c1cccc([N+](=O)[O-])c1)N1CCN(c2ccc(C(F)(F)F)cc2[N+](=O)[O-])CC1. The minimum atomic E-state index is -4.69. The van der Waals surface area contributed by atoms with Crippen LogP contribution in [0.3, 0.4) is 0 Å². The van der Waals surface area contributed by atoms with Crippen LogP contribution in [0.1, 0.15) is 11.1 Å². The van der Waals surface area contributed by atoms with Crippen molar-refractivity contribution in [2.75, 3.05) is 31.1 Å². The predicted molar refractivity (Wildman–Crippen MR) is 109 cm³/mol. The Balaban J connectivity index is 1.67. The van der Waals surface area contributed by atoms with Gasteiger partial charge in [-0.05, 0) is 23.8 Å². The average Bonchev–Trinajstić information content (AvgIpc) is 2.76. The van der Waals surface area contributed by atoms with Crippen LogP contribution in [0.5, 0.6) is 0 Å².